The molecule has 2 atom stereocenters. The van der Waals surface area contributed by atoms with Gasteiger partial charge in [0, 0.05) is 36.1 Å². The molecule has 1 aliphatic heterocycles. The van der Waals surface area contributed by atoms with Crippen molar-refractivity contribution in [3.8, 4) is 12.3 Å². The van der Waals surface area contributed by atoms with Gasteiger partial charge < -0.3 is 11.1 Å². The molecule has 2 unspecified atom stereocenters. The molecule has 0 bridgehead atoms. The van der Waals surface area contributed by atoms with Crippen LogP contribution < -0.4 is 11.1 Å². The smallest absolute Gasteiger partial charge is 0.0406 e. The molecule has 2 nitrogen and oxygen atoms in total. The Kier molecular flexibility index (Phi) is 4.11. The highest BCUT2D eigenvalue weighted by atomic mass is 32.2. The summed E-state index contributed by atoms with van der Waals surface area (Å²) in [4.78, 5) is 0. The van der Waals surface area contributed by atoms with E-state index in [4.69, 9.17) is 12.2 Å². The molecule has 3 N–H and O–H groups in total. The van der Waals surface area contributed by atoms with Gasteiger partial charge in [-0.05, 0) is 6.42 Å². The normalized spacial score (nSPS) is 33.2. The fourth-order valence-corrected chi connectivity index (χ4v) is 3.09. The molecule has 1 heterocycles. The first-order valence-corrected chi connectivity index (χ1v) is 5.77. The van der Waals surface area contributed by atoms with E-state index in [0.29, 0.717) is 0 Å². The minimum atomic E-state index is 0.154. The maximum atomic E-state index is 5.79. The summed E-state index contributed by atoms with van der Waals surface area (Å²) in [6, 6.07) is 0. The Labute approximate surface area is 85.0 Å². The molecule has 1 saturated heterocycles. The highest BCUT2D eigenvalue weighted by molar-refractivity contribution is 8.00. The summed E-state index contributed by atoms with van der Waals surface area (Å²) in [5.41, 5.74) is 5.94. The van der Waals surface area contributed by atoms with Gasteiger partial charge in [-0.3, -0.25) is 0 Å². The molecule has 1 rings (SSSR count). The summed E-state index contributed by atoms with van der Waals surface area (Å²) < 4.78 is 0. The van der Waals surface area contributed by atoms with Crippen molar-refractivity contribution in [2.75, 3.05) is 18.8 Å². The Balaban J connectivity index is 2.38. The number of nitrogens with one attached hydrogen (secondary N) is 1. The summed E-state index contributed by atoms with van der Waals surface area (Å²) in [7, 11) is 0. The fraction of sp³-hybridized carbons (Fsp3) is 0.800. The maximum absolute atomic E-state index is 5.79. The van der Waals surface area contributed by atoms with Crippen LogP contribution in [0.25, 0.3) is 0 Å². The van der Waals surface area contributed by atoms with Crippen LogP contribution in [0.1, 0.15) is 19.8 Å². The third kappa shape index (κ3) is 2.91. The standard InChI is InChI=1S/C10H18N2S/c1-3-4-5-12-10(7-11)6-9(2)13-8-10/h1,9,12H,4-8,11H2,2H3. The molecule has 0 amide bonds. The van der Waals surface area contributed by atoms with Crippen LogP contribution in [0.15, 0.2) is 0 Å². The zero-order valence-electron chi connectivity index (χ0n) is 8.18. The Hall–Kier alpha value is -0.170. The van der Waals surface area contributed by atoms with Gasteiger partial charge in [-0.15, -0.1) is 12.3 Å². The predicted molar refractivity (Wildman–Crippen MR) is 59.8 cm³/mol. The van der Waals surface area contributed by atoms with Crippen LogP contribution in [-0.2, 0) is 0 Å². The first kappa shape index (κ1) is 10.9. The maximum Gasteiger partial charge on any atom is 0.0406 e. The minimum absolute atomic E-state index is 0.154. The van der Waals surface area contributed by atoms with Crippen molar-refractivity contribution in [1.82, 2.24) is 5.32 Å². The lowest BCUT2D eigenvalue weighted by molar-refractivity contribution is 0.366. The first-order chi connectivity index (χ1) is 6.22. The second kappa shape index (κ2) is 4.90. The highest BCUT2D eigenvalue weighted by Gasteiger charge is 2.35. The van der Waals surface area contributed by atoms with Gasteiger partial charge in [0.2, 0.25) is 0 Å². The third-order valence-electron chi connectivity index (χ3n) is 2.48. The molecule has 0 aromatic carbocycles. The van der Waals surface area contributed by atoms with E-state index in [1.165, 1.54) is 6.42 Å². The van der Waals surface area contributed by atoms with Crippen LogP contribution in [0.4, 0.5) is 0 Å². The summed E-state index contributed by atoms with van der Waals surface area (Å²) in [5.74, 6) is 3.75. The molecule has 1 fully saturated rings. The van der Waals surface area contributed by atoms with Crippen molar-refractivity contribution in [3.05, 3.63) is 0 Å². The minimum Gasteiger partial charge on any atom is -0.329 e. The van der Waals surface area contributed by atoms with E-state index in [2.05, 4.69) is 18.2 Å². The number of hydrogen-bond acceptors (Lipinski definition) is 3. The van der Waals surface area contributed by atoms with Crippen molar-refractivity contribution in [2.24, 2.45) is 5.73 Å². The lowest BCUT2D eigenvalue weighted by Crippen LogP contribution is -2.52. The second-order valence-corrected chi connectivity index (χ2v) is 5.12. The summed E-state index contributed by atoms with van der Waals surface area (Å²) in [6.45, 7) is 3.86. The van der Waals surface area contributed by atoms with Gasteiger partial charge in [-0.1, -0.05) is 6.92 Å². The topological polar surface area (TPSA) is 38.0 Å². The zero-order chi connectivity index (χ0) is 9.73. The summed E-state index contributed by atoms with van der Waals surface area (Å²) >= 11 is 1.99. The second-order valence-electron chi connectivity index (χ2n) is 3.69. The van der Waals surface area contributed by atoms with Crippen LogP contribution in [0.3, 0.4) is 0 Å². The van der Waals surface area contributed by atoms with Crippen LogP contribution >= 0.6 is 11.8 Å². The van der Waals surface area contributed by atoms with Gasteiger partial charge >= 0.3 is 0 Å². The number of hydrogen-bond donors (Lipinski definition) is 2. The average molecular weight is 198 g/mol. The van der Waals surface area contributed by atoms with Crippen LogP contribution in [0.5, 0.6) is 0 Å². The molecule has 0 saturated carbocycles. The quantitative estimate of drug-likeness (QED) is 0.519. The number of terminal acetylenes is 1. The number of nitrogens with two attached hydrogens (primary N) is 1. The lowest BCUT2D eigenvalue weighted by atomic mass is 9.96. The van der Waals surface area contributed by atoms with Crippen molar-refractivity contribution >= 4 is 11.8 Å². The monoisotopic (exact) mass is 198 g/mol. The zero-order valence-corrected chi connectivity index (χ0v) is 8.99. The molecule has 3 heteroatoms. The predicted octanol–water partition coefficient (Wildman–Crippen LogP) is 0.822. The van der Waals surface area contributed by atoms with Gasteiger partial charge in [0.05, 0.1) is 0 Å². The van der Waals surface area contributed by atoms with Crippen LogP contribution in [0, 0.1) is 12.3 Å². The van der Waals surface area contributed by atoms with Crippen molar-refractivity contribution in [2.45, 2.75) is 30.6 Å². The molecular formula is C10H18N2S. The Bertz CT molecular complexity index is 200. The largest absolute Gasteiger partial charge is 0.329 e. The summed E-state index contributed by atoms with van der Waals surface area (Å²) in [5, 5.41) is 4.21. The first-order valence-electron chi connectivity index (χ1n) is 4.72. The number of rotatable bonds is 4. The van der Waals surface area contributed by atoms with Crippen molar-refractivity contribution in [1.29, 1.82) is 0 Å². The van der Waals surface area contributed by atoms with Crippen LogP contribution in [0.2, 0.25) is 0 Å². The van der Waals surface area contributed by atoms with E-state index in [1.807, 2.05) is 11.8 Å². The van der Waals surface area contributed by atoms with E-state index in [0.717, 1.165) is 30.5 Å². The van der Waals surface area contributed by atoms with Gasteiger partial charge in [0.1, 0.15) is 0 Å². The Morgan fingerprint density at radius 2 is 2.54 bits per heavy atom. The molecule has 1 aliphatic rings. The van der Waals surface area contributed by atoms with Crippen LogP contribution in [-0.4, -0.2) is 29.6 Å². The molecule has 0 aromatic rings. The van der Waals surface area contributed by atoms with E-state index in [-0.39, 0.29) is 5.54 Å². The molecular weight excluding hydrogens is 180 g/mol. The molecule has 0 aliphatic carbocycles. The van der Waals surface area contributed by atoms with Gasteiger partial charge in [-0.25, -0.2) is 0 Å². The third-order valence-corrected chi connectivity index (χ3v) is 3.94. The van der Waals surface area contributed by atoms with Crippen molar-refractivity contribution in [3.63, 3.8) is 0 Å². The highest BCUT2D eigenvalue weighted by Crippen LogP contribution is 2.33. The SMILES string of the molecule is C#CCCNC1(CN)CSC(C)C1. The molecule has 0 radical (unpaired) electrons. The lowest BCUT2D eigenvalue weighted by Gasteiger charge is -2.28. The average Bonchev–Trinajstić information content (AvgIpc) is 2.49. The number of thioether (sulfide) groups is 1. The van der Waals surface area contributed by atoms with Gasteiger partial charge in [0.15, 0.2) is 0 Å². The molecule has 0 spiro atoms. The summed E-state index contributed by atoms with van der Waals surface area (Å²) in [6.07, 6.45) is 7.16. The fourth-order valence-electron chi connectivity index (χ4n) is 1.71. The molecule has 0 aromatic heterocycles. The van der Waals surface area contributed by atoms with Gasteiger partial charge in [-0.2, -0.15) is 11.8 Å². The van der Waals surface area contributed by atoms with E-state index >= 15 is 0 Å². The van der Waals surface area contributed by atoms with Gasteiger partial charge in [0.25, 0.3) is 0 Å². The Morgan fingerprint density at radius 1 is 1.77 bits per heavy atom. The Morgan fingerprint density at radius 3 is 3.00 bits per heavy atom. The van der Waals surface area contributed by atoms with E-state index < -0.39 is 0 Å². The van der Waals surface area contributed by atoms with E-state index in [9.17, 15) is 0 Å². The van der Waals surface area contributed by atoms with Crippen molar-refractivity contribution < 1.29 is 0 Å². The molecule has 13 heavy (non-hydrogen) atoms. The van der Waals surface area contributed by atoms with E-state index in [1.54, 1.807) is 0 Å². The molecule has 74 valence electrons.